The predicted octanol–water partition coefficient (Wildman–Crippen LogP) is 1.51. The number of aromatic nitrogens is 2. The molecule has 0 fully saturated rings. The molecule has 2 aromatic rings. The zero-order valence-electron chi connectivity index (χ0n) is 11.2. The van der Waals surface area contributed by atoms with Crippen LogP contribution in [0.2, 0.25) is 0 Å². The van der Waals surface area contributed by atoms with Crippen molar-refractivity contribution in [2.75, 3.05) is 11.1 Å². The molecule has 0 bridgehead atoms. The quantitative estimate of drug-likeness (QED) is 0.786. The number of primary amides is 1. The highest BCUT2D eigenvalue weighted by Crippen LogP contribution is 2.31. The van der Waals surface area contributed by atoms with Crippen LogP contribution in [0.5, 0.6) is 0 Å². The second-order valence-corrected chi connectivity index (χ2v) is 5.94. The van der Waals surface area contributed by atoms with Gasteiger partial charge in [0, 0.05) is 4.88 Å². The normalized spacial score (nSPS) is 11.7. The lowest BCUT2D eigenvalue weighted by Gasteiger charge is -2.23. The first kappa shape index (κ1) is 13.5. The number of aryl methyl sites for hydroxylation is 1. The number of thiophene rings is 1. The average molecular weight is 279 g/mol. The molecule has 7 heteroatoms. The Morgan fingerprint density at radius 1 is 1.47 bits per heavy atom. The Kier molecular flexibility index (Phi) is 3.32. The molecular weight excluding hydrogens is 262 g/mol. The lowest BCUT2D eigenvalue weighted by atomic mass is 10.1. The lowest BCUT2D eigenvalue weighted by molar-refractivity contribution is -0.121. The van der Waals surface area contributed by atoms with E-state index in [2.05, 4.69) is 22.2 Å². The maximum atomic E-state index is 11.4. The molecule has 0 unspecified atom stereocenters. The van der Waals surface area contributed by atoms with E-state index in [-0.39, 0.29) is 5.95 Å². The van der Waals surface area contributed by atoms with Crippen molar-refractivity contribution in [3.05, 3.63) is 10.9 Å². The minimum atomic E-state index is -0.901. The zero-order valence-corrected chi connectivity index (χ0v) is 12.0. The van der Waals surface area contributed by atoms with Gasteiger partial charge in [-0.1, -0.05) is 6.92 Å². The smallest absolute Gasteiger partial charge is 0.242 e. The van der Waals surface area contributed by atoms with Crippen molar-refractivity contribution in [2.24, 2.45) is 5.73 Å². The molecule has 102 valence electrons. The number of amides is 1. The van der Waals surface area contributed by atoms with Crippen LogP contribution in [0.1, 0.15) is 25.6 Å². The SMILES string of the molecule is CCc1cc2c(NC(C)(C)C(N)=O)nc(N)nc2s1. The van der Waals surface area contributed by atoms with Gasteiger partial charge in [-0.3, -0.25) is 4.79 Å². The van der Waals surface area contributed by atoms with Crippen LogP contribution in [0.15, 0.2) is 6.07 Å². The summed E-state index contributed by atoms with van der Waals surface area (Å²) in [5.74, 6) is 0.269. The third kappa shape index (κ3) is 2.60. The van der Waals surface area contributed by atoms with Crippen LogP contribution in [0.4, 0.5) is 11.8 Å². The molecule has 0 aromatic carbocycles. The van der Waals surface area contributed by atoms with Crippen LogP contribution in [0.3, 0.4) is 0 Å². The number of nitrogens with two attached hydrogens (primary N) is 2. The maximum absolute atomic E-state index is 11.4. The molecule has 19 heavy (non-hydrogen) atoms. The van der Waals surface area contributed by atoms with Crippen molar-refractivity contribution in [3.63, 3.8) is 0 Å². The lowest BCUT2D eigenvalue weighted by Crippen LogP contribution is -2.45. The first-order valence-corrected chi connectivity index (χ1v) is 6.79. The van der Waals surface area contributed by atoms with Gasteiger partial charge in [0.15, 0.2) is 0 Å². The summed E-state index contributed by atoms with van der Waals surface area (Å²) < 4.78 is 0. The molecule has 0 spiro atoms. The second-order valence-electron chi connectivity index (χ2n) is 4.83. The van der Waals surface area contributed by atoms with Gasteiger partial charge in [0.25, 0.3) is 0 Å². The van der Waals surface area contributed by atoms with Gasteiger partial charge < -0.3 is 16.8 Å². The Hall–Kier alpha value is -1.89. The Balaban J connectivity index is 2.53. The molecule has 0 aliphatic rings. The summed E-state index contributed by atoms with van der Waals surface area (Å²) in [5.41, 5.74) is 10.2. The van der Waals surface area contributed by atoms with Gasteiger partial charge in [-0.2, -0.15) is 4.98 Å². The molecule has 0 saturated heterocycles. The number of hydrogen-bond acceptors (Lipinski definition) is 6. The Morgan fingerprint density at radius 3 is 2.74 bits per heavy atom. The Bertz CT molecular complexity index is 634. The summed E-state index contributed by atoms with van der Waals surface area (Å²) in [6.07, 6.45) is 0.916. The maximum Gasteiger partial charge on any atom is 0.242 e. The summed E-state index contributed by atoms with van der Waals surface area (Å²) in [6, 6.07) is 2.01. The molecule has 2 rings (SSSR count). The summed E-state index contributed by atoms with van der Waals surface area (Å²) in [5, 5.41) is 3.91. The number of carbonyl (C=O) groups excluding carboxylic acids is 1. The first-order chi connectivity index (χ1) is 8.83. The van der Waals surface area contributed by atoms with Gasteiger partial charge in [0.05, 0.1) is 5.39 Å². The highest BCUT2D eigenvalue weighted by atomic mass is 32.1. The van der Waals surface area contributed by atoms with E-state index < -0.39 is 11.4 Å². The third-order valence-electron chi connectivity index (χ3n) is 2.86. The summed E-state index contributed by atoms with van der Waals surface area (Å²) >= 11 is 1.57. The molecule has 6 nitrogen and oxygen atoms in total. The Morgan fingerprint density at radius 2 is 2.16 bits per heavy atom. The standard InChI is InChI=1S/C12H17N5OS/c1-4-6-5-7-8(17-12(2,3)10(13)18)15-11(14)16-9(7)19-6/h5H,4H2,1-3H3,(H2,13,18)(H3,14,15,16,17). The molecular formula is C12H17N5OS. The van der Waals surface area contributed by atoms with E-state index in [0.717, 1.165) is 16.6 Å². The van der Waals surface area contributed by atoms with E-state index in [0.29, 0.717) is 5.82 Å². The molecule has 0 atom stereocenters. The van der Waals surface area contributed by atoms with Crippen molar-refractivity contribution in [1.82, 2.24) is 9.97 Å². The van der Waals surface area contributed by atoms with Crippen LogP contribution in [0, 0.1) is 0 Å². The van der Waals surface area contributed by atoms with Crippen LogP contribution in [0.25, 0.3) is 10.2 Å². The first-order valence-electron chi connectivity index (χ1n) is 5.97. The highest BCUT2D eigenvalue weighted by Gasteiger charge is 2.26. The van der Waals surface area contributed by atoms with Crippen molar-refractivity contribution >= 4 is 39.2 Å². The minimum absolute atomic E-state index is 0.180. The zero-order chi connectivity index (χ0) is 14.2. The number of nitrogens with zero attached hydrogens (tertiary/aromatic N) is 2. The number of carbonyl (C=O) groups is 1. The average Bonchev–Trinajstić information content (AvgIpc) is 2.71. The second kappa shape index (κ2) is 4.65. The largest absolute Gasteiger partial charge is 0.368 e. The number of hydrogen-bond donors (Lipinski definition) is 3. The minimum Gasteiger partial charge on any atom is -0.368 e. The van der Waals surface area contributed by atoms with Crippen LogP contribution in [-0.2, 0) is 11.2 Å². The molecule has 2 aromatic heterocycles. The molecule has 0 radical (unpaired) electrons. The van der Waals surface area contributed by atoms with Crippen LogP contribution in [-0.4, -0.2) is 21.4 Å². The molecule has 0 saturated carbocycles. The Labute approximate surface area is 115 Å². The van der Waals surface area contributed by atoms with Gasteiger partial charge in [-0.25, -0.2) is 4.98 Å². The predicted molar refractivity (Wildman–Crippen MR) is 78.1 cm³/mol. The fourth-order valence-corrected chi connectivity index (χ4v) is 2.59. The number of anilines is 2. The van der Waals surface area contributed by atoms with Crippen LogP contribution >= 0.6 is 11.3 Å². The molecule has 1 amide bonds. The fourth-order valence-electron chi connectivity index (χ4n) is 1.61. The van der Waals surface area contributed by atoms with Gasteiger partial charge in [-0.05, 0) is 26.3 Å². The van der Waals surface area contributed by atoms with Gasteiger partial charge >= 0.3 is 0 Å². The molecule has 2 heterocycles. The van der Waals surface area contributed by atoms with Crippen LogP contribution < -0.4 is 16.8 Å². The van der Waals surface area contributed by atoms with Crippen molar-refractivity contribution < 1.29 is 4.79 Å². The summed E-state index contributed by atoms with van der Waals surface area (Å²) in [4.78, 5) is 21.8. The number of nitrogen functional groups attached to an aromatic ring is 1. The fraction of sp³-hybridized carbons (Fsp3) is 0.417. The number of fused-ring (bicyclic) bond motifs is 1. The van der Waals surface area contributed by atoms with Gasteiger partial charge in [0.1, 0.15) is 16.2 Å². The van der Waals surface area contributed by atoms with E-state index in [1.165, 1.54) is 4.88 Å². The third-order valence-corrected chi connectivity index (χ3v) is 4.03. The molecule has 0 aliphatic heterocycles. The summed E-state index contributed by atoms with van der Waals surface area (Å²) in [6.45, 7) is 5.47. The highest BCUT2D eigenvalue weighted by molar-refractivity contribution is 7.18. The monoisotopic (exact) mass is 279 g/mol. The van der Waals surface area contributed by atoms with E-state index in [4.69, 9.17) is 11.5 Å². The van der Waals surface area contributed by atoms with E-state index in [1.54, 1.807) is 25.2 Å². The molecule has 0 aliphatic carbocycles. The van der Waals surface area contributed by atoms with E-state index in [9.17, 15) is 4.79 Å². The van der Waals surface area contributed by atoms with Crippen molar-refractivity contribution in [3.8, 4) is 0 Å². The van der Waals surface area contributed by atoms with E-state index >= 15 is 0 Å². The number of nitrogens with one attached hydrogen (secondary N) is 1. The van der Waals surface area contributed by atoms with Gasteiger partial charge in [0.2, 0.25) is 11.9 Å². The van der Waals surface area contributed by atoms with Gasteiger partial charge in [-0.15, -0.1) is 11.3 Å². The van der Waals surface area contributed by atoms with Crippen molar-refractivity contribution in [2.45, 2.75) is 32.7 Å². The van der Waals surface area contributed by atoms with Crippen molar-refractivity contribution in [1.29, 1.82) is 0 Å². The summed E-state index contributed by atoms with van der Waals surface area (Å²) in [7, 11) is 0. The van der Waals surface area contributed by atoms with E-state index in [1.807, 2.05) is 6.07 Å². The topological polar surface area (TPSA) is 107 Å². The number of rotatable bonds is 4. The molecule has 5 N–H and O–H groups in total.